The van der Waals surface area contributed by atoms with Crippen molar-refractivity contribution in [3.8, 4) is 5.75 Å². The van der Waals surface area contributed by atoms with Gasteiger partial charge in [0.15, 0.2) is 5.75 Å². The van der Waals surface area contributed by atoms with Crippen LogP contribution in [0.5, 0.6) is 5.75 Å². The molecule has 4 nitrogen and oxygen atoms in total. The van der Waals surface area contributed by atoms with E-state index in [1.807, 2.05) is 0 Å². The Kier molecular flexibility index (Phi) is 15.7. The van der Waals surface area contributed by atoms with E-state index >= 15 is 0 Å². The summed E-state index contributed by atoms with van der Waals surface area (Å²) in [6, 6.07) is 1.28. The molecular formula is C24H42O4. The van der Waals surface area contributed by atoms with Gasteiger partial charge in [-0.15, -0.1) is 0 Å². The van der Waals surface area contributed by atoms with Crippen molar-refractivity contribution in [3.05, 3.63) is 28.3 Å². The smallest absolute Gasteiger partial charge is 0.226 e. The van der Waals surface area contributed by atoms with Crippen molar-refractivity contribution in [1.82, 2.24) is 0 Å². The third-order valence-electron chi connectivity index (χ3n) is 5.25. The number of aromatic hydroxyl groups is 1. The van der Waals surface area contributed by atoms with Gasteiger partial charge < -0.3 is 14.3 Å². The summed E-state index contributed by atoms with van der Waals surface area (Å²) in [6.07, 6.45) is 22.8. The third kappa shape index (κ3) is 13.8. The van der Waals surface area contributed by atoms with Gasteiger partial charge in [-0.25, -0.2) is 0 Å². The summed E-state index contributed by atoms with van der Waals surface area (Å²) in [5, 5.41) is 9.12. The Bertz CT molecular complexity index is 524. The maximum atomic E-state index is 11.3. The lowest BCUT2D eigenvalue weighted by atomic mass is 10.0. The van der Waals surface area contributed by atoms with Gasteiger partial charge in [0.05, 0.1) is 0 Å². The van der Waals surface area contributed by atoms with Crippen molar-refractivity contribution in [1.29, 1.82) is 0 Å². The maximum Gasteiger partial charge on any atom is 0.226 e. The van der Waals surface area contributed by atoms with Gasteiger partial charge in [-0.1, -0.05) is 103 Å². The Morgan fingerprint density at radius 2 is 1.25 bits per heavy atom. The van der Waals surface area contributed by atoms with Crippen molar-refractivity contribution in [2.24, 2.45) is 0 Å². The molecule has 0 radical (unpaired) electrons. The second-order valence-corrected chi connectivity index (χ2v) is 7.95. The average Bonchev–Trinajstić information content (AvgIpc) is 2.69. The number of hydrogen-bond donors (Lipinski definition) is 1. The predicted octanol–water partition coefficient (Wildman–Crippen LogP) is 7.12. The zero-order valence-corrected chi connectivity index (χ0v) is 18.1. The number of unbranched alkanes of at least 4 members (excludes halogenated alkanes) is 15. The van der Waals surface area contributed by atoms with Crippen LogP contribution in [-0.4, -0.2) is 11.7 Å². The predicted molar refractivity (Wildman–Crippen MR) is 116 cm³/mol. The molecule has 0 aliphatic heterocycles. The molecule has 28 heavy (non-hydrogen) atoms. The van der Waals surface area contributed by atoms with E-state index in [0.29, 0.717) is 12.4 Å². The van der Waals surface area contributed by atoms with Crippen molar-refractivity contribution >= 4 is 0 Å². The van der Waals surface area contributed by atoms with E-state index in [-0.39, 0.29) is 12.4 Å². The highest BCUT2D eigenvalue weighted by atomic mass is 16.5. The second-order valence-electron chi connectivity index (χ2n) is 7.95. The summed E-state index contributed by atoms with van der Waals surface area (Å²) in [5.41, 5.74) is -0.424. The fourth-order valence-corrected chi connectivity index (χ4v) is 3.44. The molecule has 1 aromatic heterocycles. The van der Waals surface area contributed by atoms with Crippen LogP contribution in [0.4, 0.5) is 0 Å². The Morgan fingerprint density at radius 1 is 0.786 bits per heavy atom. The molecule has 1 aromatic rings. The second kappa shape index (κ2) is 17.8. The Morgan fingerprint density at radius 3 is 1.71 bits per heavy atom. The minimum absolute atomic E-state index is 0.286. The molecule has 162 valence electrons. The van der Waals surface area contributed by atoms with E-state index in [0.717, 1.165) is 12.7 Å². The molecule has 0 spiro atoms. The van der Waals surface area contributed by atoms with Crippen LogP contribution < -0.4 is 5.43 Å². The highest BCUT2D eigenvalue weighted by Crippen LogP contribution is 2.14. The molecule has 0 aliphatic carbocycles. The van der Waals surface area contributed by atoms with Crippen molar-refractivity contribution in [3.63, 3.8) is 0 Å². The van der Waals surface area contributed by atoms with E-state index < -0.39 is 5.43 Å². The summed E-state index contributed by atoms with van der Waals surface area (Å²) < 4.78 is 10.6. The number of hydrogen-bond acceptors (Lipinski definition) is 4. The summed E-state index contributed by atoms with van der Waals surface area (Å²) in [7, 11) is 0. The van der Waals surface area contributed by atoms with Gasteiger partial charge in [0.1, 0.15) is 18.6 Å². The lowest BCUT2D eigenvalue weighted by Crippen LogP contribution is -2.02. The van der Waals surface area contributed by atoms with E-state index in [2.05, 4.69) is 6.92 Å². The van der Waals surface area contributed by atoms with Crippen LogP contribution in [0.1, 0.15) is 115 Å². The fraction of sp³-hybridized carbons (Fsp3) is 0.792. The lowest BCUT2D eigenvalue weighted by molar-refractivity contribution is 0.101. The van der Waals surface area contributed by atoms with Crippen molar-refractivity contribution in [2.75, 3.05) is 6.61 Å². The fourth-order valence-electron chi connectivity index (χ4n) is 3.44. The minimum atomic E-state index is -0.424. The number of ether oxygens (including phenoxy) is 1. The standard InChI is InChI=1S/C24H42O4/c1-2-3-4-5-6-7-8-9-10-11-12-13-14-15-16-17-18-27-20-22-19-23(25)24(26)21-28-22/h19,21,26H,2-18,20H2,1H3. The molecule has 0 aromatic carbocycles. The monoisotopic (exact) mass is 394 g/mol. The molecular weight excluding hydrogens is 352 g/mol. The topological polar surface area (TPSA) is 59.7 Å². The van der Waals surface area contributed by atoms with Crippen LogP contribution in [0.15, 0.2) is 21.5 Å². The maximum absolute atomic E-state index is 11.3. The van der Waals surface area contributed by atoms with Crippen LogP contribution >= 0.6 is 0 Å². The summed E-state index contributed by atoms with van der Waals surface area (Å²) >= 11 is 0. The first-order valence-electron chi connectivity index (χ1n) is 11.6. The normalized spacial score (nSPS) is 11.2. The highest BCUT2D eigenvalue weighted by molar-refractivity contribution is 5.15. The first-order valence-corrected chi connectivity index (χ1v) is 11.6. The molecule has 0 fully saturated rings. The average molecular weight is 395 g/mol. The van der Waals surface area contributed by atoms with Gasteiger partial charge in [-0.05, 0) is 6.42 Å². The first-order chi connectivity index (χ1) is 13.7. The molecule has 1 N–H and O–H groups in total. The van der Waals surface area contributed by atoms with Gasteiger partial charge in [0.25, 0.3) is 0 Å². The summed E-state index contributed by atoms with van der Waals surface area (Å²) in [5.74, 6) is 0.0980. The molecule has 0 saturated heterocycles. The SMILES string of the molecule is CCCCCCCCCCCCCCCCCCOCc1cc(=O)c(O)co1. The van der Waals surface area contributed by atoms with E-state index in [4.69, 9.17) is 14.3 Å². The van der Waals surface area contributed by atoms with Crippen LogP contribution in [0.3, 0.4) is 0 Å². The van der Waals surface area contributed by atoms with Crippen LogP contribution in [-0.2, 0) is 11.3 Å². The molecule has 1 heterocycles. The molecule has 0 unspecified atom stereocenters. The molecule has 4 heteroatoms. The first kappa shape index (κ1) is 24.7. The van der Waals surface area contributed by atoms with E-state index in [9.17, 15) is 4.79 Å². The van der Waals surface area contributed by atoms with Crippen LogP contribution in [0.2, 0.25) is 0 Å². The van der Waals surface area contributed by atoms with E-state index in [1.54, 1.807) is 0 Å². The van der Waals surface area contributed by atoms with Gasteiger partial charge >= 0.3 is 0 Å². The summed E-state index contributed by atoms with van der Waals surface area (Å²) in [6.45, 7) is 3.25. The van der Waals surface area contributed by atoms with Gasteiger partial charge in [-0.3, -0.25) is 4.79 Å². The van der Waals surface area contributed by atoms with Gasteiger partial charge in [0, 0.05) is 12.7 Å². The lowest BCUT2D eigenvalue weighted by Gasteiger charge is -2.05. The molecule has 0 bridgehead atoms. The quantitative estimate of drug-likeness (QED) is 0.254. The Balaban J connectivity index is 1.76. The van der Waals surface area contributed by atoms with E-state index in [1.165, 1.54) is 102 Å². The minimum Gasteiger partial charge on any atom is -0.502 e. The third-order valence-corrected chi connectivity index (χ3v) is 5.25. The summed E-state index contributed by atoms with van der Waals surface area (Å²) in [4.78, 5) is 11.3. The Hall–Kier alpha value is -1.29. The molecule has 0 aliphatic rings. The molecule has 0 atom stereocenters. The zero-order chi connectivity index (χ0) is 20.3. The molecule has 0 saturated carbocycles. The van der Waals surface area contributed by atoms with Crippen LogP contribution in [0, 0.1) is 0 Å². The largest absolute Gasteiger partial charge is 0.502 e. The Labute approximate surface area is 171 Å². The molecule has 0 amide bonds. The zero-order valence-electron chi connectivity index (χ0n) is 18.1. The van der Waals surface area contributed by atoms with Gasteiger partial charge in [0.2, 0.25) is 5.43 Å². The van der Waals surface area contributed by atoms with Gasteiger partial charge in [-0.2, -0.15) is 0 Å². The van der Waals surface area contributed by atoms with Crippen molar-refractivity contribution < 1.29 is 14.3 Å². The van der Waals surface area contributed by atoms with Crippen LogP contribution in [0.25, 0.3) is 0 Å². The van der Waals surface area contributed by atoms with Crippen molar-refractivity contribution in [2.45, 2.75) is 116 Å². The molecule has 1 rings (SSSR count). The highest BCUT2D eigenvalue weighted by Gasteiger charge is 2.01. The number of rotatable bonds is 19.